The molecule has 0 aromatic heterocycles. The monoisotopic (exact) mass is 475 g/mol. The molecule has 0 radical (unpaired) electrons. The Bertz CT molecular complexity index is 1140. The summed E-state index contributed by atoms with van der Waals surface area (Å²) in [6.45, 7) is 4.32. The summed E-state index contributed by atoms with van der Waals surface area (Å²) in [5.41, 5.74) is 3.38. The number of hydrogen-bond acceptors (Lipinski definition) is 3. The molecule has 5 nitrogen and oxygen atoms in total. The first-order chi connectivity index (χ1) is 17.1. The van der Waals surface area contributed by atoms with Crippen LogP contribution in [0.25, 0.3) is 11.1 Å². The Morgan fingerprint density at radius 1 is 0.829 bits per heavy atom. The molecule has 0 spiro atoms. The van der Waals surface area contributed by atoms with E-state index >= 15 is 4.39 Å². The van der Waals surface area contributed by atoms with Gasteiger partial charge in [-0.05, 0) is 74.3 Å². The normalized spacial score (nSPS) is 23.3. The van der Waals surface area contributed by atoms with Gasteiger partial charge in [0.1, 0.15) is 5.82 Å². The Morgan fingerprint density at radius 2 is 1.63 bits per heavy atom. The molecule has 4 aliphatic rings. The van der Waals surface area contributed by atoms with E-state index in [0.717, 1.165) is 87.6 Å². The molecule has 2 aromatic carbocycles. The van der Waals surface area contributed by atoms with Crippen LogP contribution in [0.5, 0.6) is 0 Å². The highest BCUT2D eigenvalue weighted by Crippen LogP contribution is 2.33. The summed E-state index contributed by atoms with van der Waals surface area (Å²) in [5, 5.41) is 0. The van der Waals surface area contributed by atoms with Crippen LogP contribution in [0.15, 0.2) is 36.4 Å². The summed E-state index contributed by atoms with van der Waals surface area (Å²) in [6.07, 6.45) is 8.96. The summed E-state index contributed by atoms with van der Waals surface area (Å²) >= 11 is 0. The predicted molar refractivity (Wildman–Crippen MR) is 134 cm³/mol. The van der Waals surface area contributed by atoms with Crippen molar-refractivity contribution in [3.05, 3.63) is 58.9 Å². The van der Waals surface area contributed by atoms with Crippen molar-refractivity contribution in [3.8, 4) is 11.1 Å². The first-order valence-electron chi connectivity index (χ1n) is 13.4. The predicted octanol–water partition coefficient (Wildman–Crippen LogP) is 4.74. The van der Waals surface area contributed by atoms with Crippen LogP contribution in [0.4, 0.5) is 4.39 Å². The van der Waals surface area contributed by atoms with Crippen molar-refractivity contribution >= 4 is 11.8 Å². The van der Waals surface area contributed by atoms with Crippen molar-refractivity contribution in [2.45, 2.75) is 63.5 Å². The molecule has 1 aliphatic carbocycles. The molecule has 6 rings (SSSR count). The van der Waals surface area contributed by atoms with Gasteiger partial charge < -0.3 is 9.80 Å². The van der Waals surface area contributed by atoms with Gasteiger partial charge in [-0.1, -0.05) is 24.6 Å². The lowest BCUT2D eigenvalue weighted by Gasteiger charge is -2.37. The number of piperidine rings is 1. The zero-order valence-electron chi connectivity index (χ0n) is 20.3. The van der Waals surface area contributed by atoms with Gasteiger partial charge in [-0.25, -0.2) is 4.39 Å². The van der Waals surface area contributed by atoms with E-state index in [1.807, 2.05) is 23.1 Å². The van der Waals surface area contributed by atoms with Crippen LogP contribution in [0, 0.1) is 5.82 Å². The van der Waals surface area contributed by atoms with E-state index in [-0.39, 0.29) is 11.8 Å². The van der Waals surface area contributed by atoms with E-state index in [1.54, 1.807) is 12.1 Å². The fraction of sp³-hybridized carbons (Fsp3) is 0.517. The number of carbonyl (C=O) groups is 2. The van der Waals surface area contributed by atoms with Gasteiger partial charge in [-0.3, -0.25) is 14.5 Å². The first kappa shape index (κ1) is 22.7. The minimum absolute atomic E-state index is 0.0888. The van der Waals surface area contributed by atoms with Crippen LogP contribution in [-0.2, 0) is 6.42 Å². The lowest BCUT2D eigenvalue weighted by molar-refractivity contribution is 0.0646. The first-order valence-corrected chi connectivity index (χ1v) is 13.4. The van der Waals surface area contributed by atoms with E-state index in [0.29, 0.717) is 17.2 Å². The Morgan fingerprint density at radius 3 is 2.37 bits per heavy atom. The summed E-state index contributed by atoms with van der Waals surface area (Å²) in [7, 11) is 0. The molecule has 1 atom stereocenters. The summed E-state index contributed by atoms with van der Waals surface area (Å²) < 4.78 is 15.1. The third kappa shape index (κ3) is 4.26. The minimum atomic E-state index is -0.390. The van der Waals surface area contributed by atoms with Crippen LogP contribution in [-0.4, -0.2) is 71.3 Å². The van der Waals surface area contributed by atoms with Crippen LogP contribution in [0.3, 0.4) is 0 Å². The maximum Gasteiger partial charge on any atom is 0.254 e. The summed E-state index contributed by atoms with van der Waals surface area (Å²) in [4.78, 5) is 32.6. The molecule has 0 bridgehead atoms. The Balaban J connectivity index is 1.17. The highest BCUT2D eigenvalue weighted by atomic mass is 19.1. The summed E-state index contributed by atoms with van der Waals surface area (Å²) in [6, 6.07) is 11.5. The Kier molecular flexibility index (Phi) is 6.09. The van der Waals surface area contributed by atoms with Gasteiger partial charge in [-0.2, -0.15) is 0 Å². The molecule has 0 N–H and O–H groups in total. The Hall–Kier alpha value is -2.73. The number of carbonyl (C=O) groups excluding carboxylic acids is 2. The number of benzene rings is 2. The number of amides is 2. The van der Waals surface area contributed by atoms with E-state index in [9.17, 15) is 9.59 Å². The largest absolute Gasteiger partial charge is 0.339 e. The zero-order chi connectivity index (χ0) is 23.9. The molecule has 2 amide bonds. The molecule has 3 fully saturated rings. The third-order valence-corrected chi connectivity index (χ3v) is 8.62. The van der Waals surface area contributed by atoms with Gasteiger partial charge in [-0.15, -0.1) is 0 Å². The van der Waals surface area contributed by atoms with Crippen molar-refractivity contribution in [2.75, 3.05) is 32.7 Å². The van der Waals surface area contributed by atoms with Gasteiger partial charge in [0.05, 0.1) is 0 Å². The van der Waals surface area contributed by atoms with Crippen molar-refractivity contribution in [2.24, 2.45) is 0 Å². The second-order valence-corrected chi connectivity index (χ2v) is 10.7. The highest BCUT2D eigenvalue weighted by Gasteiger charge is 2.37. The topological polar surface area (TPSA) is 43.9 Å². The van der Waals surface area contributed by atoms with Crippen molar-refractivity contribution < 1.29 is 14.0 Å². The molecule has 3 aliphatic heterocycles. The van der Waals surface area contributed by atoms with Crippen LogP contribution in [0.1, 0.15) is 71.2 Å². The van der Waals surface area contributed by atoms with Gasteiger partial charge >= 0.3 is 0 Å². The number of likely N-dealkylation sites (tertiary alicyclic amines) is 2. The fourth-order valence-corrected chi connectivity index (χ4v) is 6.29. The average Bonchev–Trinajstić information content (AvgIpc) is 3.32. The maximum atomic E-state index is 15.1. The SMILES string of the molecule is O=C(c1ccc(-c2ccc3c(c2)CCN([C@@H]2CCN(C4CCC4)C2)C3=O)c(F)c1)N1CCCCC1. The molecule has 3 heterocycles. The molecule has 184 valence electrons. The summed E-state index contributed by atoms with van der Waals surface area (Å²) in [5.74, 6) is -0.367. The van der Waals surface area contributed by atoms with E-state index in [2.05, 4.69) is 9.80 Å². The molecule has 1 saturated carbocycles. The van der Waals surface area contributed by atoms with Crippen molar-refractivity contribution in [1.29, 1.82) is 0 Å². The molecular weight excluding hydrogens is 441 g/mol. The second-order valence-electron chi connectivity index (χ2n) is 10.7. The smallest absolute Gasteiger partial charge is 0.254 e. The molecule has 0 unspecified atom stereocenters. The highest BCUT2D eigenvalue weighted by molar-refractivity contribution is 5.98. The van der Waals surface area contributed by atoms with Gasteiger partial charge in [0.2, 0.25) is 0 Å². The van der Waals surface area contributed by atoms with E-state index < -0.39 is 5.82 Å². The van der Waals surface area contributed by atoms with Crippen LogP contribution < -0.4 is 0 Å². The zero-order valence-corrected chi connectivity index (χ0v) is 20.3. The van der Waals surface area contributed by atoms with Crippen LogP contribution in [0.2, 0.25) is 0 Å². The molecule has 35 heavy (non-hydrogen) atoms. The quantitative estimate of drug-likeness (QED) is 0.641. The molecular formula is C29H34FN3O2. The van der Waals surface area contributed by atoms with Crippen molar-refractivity contribution in [3.63, 3.8) is 0 Å². The third-order valence-electron chi connectivity index (χ3n) is 8.62. The second kappa shape index (κ2) is 9.38. The number of rotatable bonds is 4. The molecule has 2 saturated heterocycles. The molecule has 2 aromatic rings. The lowest BCUT2D eigenvalue weighted by Crippen LogP contribution is -2.47. The lowest BCUT2D eigenvalue weighted by atomic mass is 9.91. The van der Waals surface area contributed by atoms with Gasteiger partial charge in [0.25, 0.3) is 11.8 Å². The van der Waals surface area contributed by atoms with Gasteiger partial charge in [0.15, 0.2) is 0 Å². The number of hydrogen-bond donors (Lipinski definition) is 0. The Labute approximate surface area is 206 Å². The average molecular weight is 476 g/mol. The standard InChI is InChI=1S/C29H34FN3O2/c30-27-18-22(28(34)31-13-2-1-3-14-31)8-9-25(27)20-7-10-26-21(17-20)11-16-33(29(26)35)24-12-15-32(19-24)23-5-4-6-23/h7-10,17-18,23-24H,1-6,11-16,19H2/t24-/m1/s1. The van der Waals surface area contributed by atoms with E-state index in [4.69, 9.17) is 0 Å². The van der Waals surface area contributed by atoms with E-state index in [1.165, 1.54) is 25.3 Å². The number of halogens is 1. The van der Waals surface area contributed by atoms with Gasteiger partial charge in [0, 0.05) is 61.5 Å². The minimum Gasteiger partial charge on any atom is -0.339 e. The van der Waals surface area contributed by atoms with Crippen LogP contribution >= 0.6 is 0 Å². The van der Waals surface area contributed by atoms with Crippen molar-refractivity contribution in [1.82, 2.24) is 14.7 Å². The molecule has 6 heteroatoms. The maximum absolute atomic E-state index is 15.1. The number of nitrogens with zero attached hydrogens (tertiary/aromatic N) is 3. The fourth-order valence-electron chi connectivity index (χ4n) is 6.29. The number of fused-ring (bicyclic) bond motifs is 1.